The maximum Gasteiger partial charge on any atom is 0.181 e. The van der Waals surface area contributed by atoms with Crippen LogP contribution in [-0.2, 0) is 17.6 Å². The fraction of sp³-hybridized carbons (Fsp3) is 0.324. The lowest BCUT2D eigenvalue weighted by molar-refractivity contribution is -0.148. The molecular formula is C34H33N5O. The van der Waals surface area contributed by atoms with E-state index >= 15 is 0 Å². The molecule has 0 saturated carbocycles. The molecule has 5 heterocycles. The highest BCUT2D eigenvalue weighted by Crippen LogP contribution is 2.38. The quantitative estimate of drug-likeness (QED) is 0.275. The number of nitrogens with one attached hydrogen (secondary N) is 1. The van der Waals surface area contributed by atoms with Crippen molar-refractivity contribution >= 4 is 11.0 Å². The third kappa shape index (κ3) is 4.05. The molecule has 40 heavy (non-hydrogen) atoms. The number of pyridine rings is 2. The molecule has 3 aromatic heterocycles. The molecular weight excluding hydrogens is 494 g/mol. The molecule has 0 spiro atoms. The molecule has 1 N–H and O–H groups in total. The van der Waals surface area contributed by atoms with Gasteiger partial charge in [0.15, 0.2) is 5.65 Å². The molecule has 0 radical (unpaired) electrons. The molecule has 2 aromatic carbocycles. The van der Waals surface area contributed by atoms with Crippen molar-refractivity contribution < 1.29 is 4.74 Å². The summed E-state index contributed by atoms with van der Waals surface area (Å²) >= 11 is 0. The van der Waals surface area contributed by atoms with Gasteiger partial charge in [-0.2, -0.15) is 5.10 Å². The van der Waals surface area contributed by atoms with E-state index in [4.69, 9.17) is 9.72 Å². The number of rotatable bonds is 4. The van der Waals surface area contributed by atoms with E-state index in [9.17, 15) is 0 Å². The fourth-order valence-corrected chi connectivity index (χ4v) is 7.19. The minimum Gasteiger partial charge on any atom is -0.378 e. The van der Waals surface area contributed by atoms with Gasteiger partial charge >= 0.3 is 0 Å². The van der Waals surface area contributed by atoms with Crippen LogP contribution in [0.2, 0.25) is 0 Å². The van der Waals surface area contributed by atoms with Crippen molar-refractivity contribution in [3.63, 3.8) is 0 Å². The first-order chi connectivity index (χ1) is 19.7. The van der Waals surface area contributed by atoms with Gasteiger partial charge in [0, 0.05) is 52.6 Å². The highest BCUT2D eigenvalue weighted by Gasteiger charge is 2.45. The number of benzene rings is 2. The Kier molecular flexibility index (Phi) is 5.78. The van der Waals surface area contributed by atoms with Crippen molar-refractivity contribution in [1.82, 2.24) is 25.1 Å². The van der Waals surface area contributed by atoms with Crippen molar-refractivity contribution in [2.75, 3.05) is 13.2 Å². The molecule has 2 unspecified atom stereocenters. The average molecular weight is 528 g/mol. The standard InChI is InChI=1S/C34H33N5O/c1-21-3-2-14-35-32(21)23-5-7-24(8-6-23)33-31-16-27(18-36-34(31)38-37-33)26-9-4-22-10-12-28(13-11-25(22)15-26)39-29-17-30(39)20-40-19-29/h2-9,14-16,18,28-30H,10-13,17,19-20H2,1H3,(H,36,37,38)/t28-,29?,30?/m0/s1. The zero-order valence-corrected chi connectivity index (χ0v) is 22.8. The van der Waals surface area contributed by atoms with E-state index < -0.39 is 0 Å². The Morgan fingerprint density at radius 1 is 0.800 bits per heavy atom. The second-order valence-electron chi connectivity index (χ2n) is 11.7. The molecule has 0 amide bonds. The molecule has 2 aliphatic heterocycles. The van der Waals surface area contributed by atoms with Crippen LogP contribution in [0.1, 0.15) is 36.0 Å². The minimum atomic E-state index is 0.651. The predicted molar refractivity (Wildman–Crippen MR) is 158 cm³/mol. The van der Waals surface area contributed by atoms with Gasteiger partial charge in [0.05, 0.1) is 24.6 Å². The summed E-state index contributed by atoms with van der Waals surface area (Å²) < 4.78 is 5.74. The molecule has 2 saturated heterocycles. The summed E-state index contributed by atoms with van der Waals surface area (Å²) in [5.41, 5.74) is 11.5. The number of aromatic amines is 1. The van der Waals surface area contributed by atoms with Crippen molar-refractivity contribution in [2.45, 2.75) is 57.2 Å². The molecule has 3 atom stereocenters. The van der Waals surface area contributed by atoms with Gasteiger partial charge in [-0.05, 0) is 73.4 Å². The van der Waals surface area contributed by atoms with Crippen LogP contribution in [0.25, 0.3) is 44.7 Å². The summed E-state index contributed by atoms with van der Waals surface area (Å²) in [6, 6.07) is 23.9. The molecule has 6 nitrogen and oxygen atoms in total. The number of H-pyrrole nitrogens is 1. The maximum absolute atomic E-state index is 5.74. The molecule has 200 valence electrons. The zero-order valence-electron chi connectivity index (χ0n) is 22.8. The summed E-state index contributed by atoms with van der Waals surface area (Å²) in [6.07, 6.45) is 9.92. The van der Waals surface area contributed by atoms with Gasteiger partial charge in [0.25, 0.3) is 0 Å². The lowest BCUT2D eigenvalue weighted by Crippen LogP contribution is -2.66. The lowest BCUT2D eigenvalue weighted by atomic mass is 9.87. The first kappa shape index (κ1) is 24.0. The lowest BCUT2D eigenvalue weighted by Gasteiger charge is -2.56. The fourth-order valence-electron chi connectivity index (χ4n) is 7.19. The van der Waals surface area contributed by atoms with Gasteiger partial charge in [-0.25, -0.2) is 4.98 Å². The Morgan fingerprint density at radius 3 is 2.38 bits per heavy atom. The van der Waals surface area contributed by atoms with Crippen molar-refractivity contribution in [1.29, 1.82) is 0 Å². The first-order valence-electron chi connectivity index (χ1n) is 14.6. The normalized spacial score (nSPS) is 22.5. The summed E-state index contributed by atoms with van der Waals surface area (Å²) in [7, 11) is 0. The molecule has 3 aliphatic rings. The predicted octanol–water partition coefficient (Wildman–Crippen LogP) is 6.38. The Morgan fingerprint density at radius 2 is 1.57 bits per heavy atom. The van der Waals surface area contributed by atoms with E-state index in [1.165, 1.54) is 41.5 Å². The van der Waals surface area contributed by atoms with Gasteiger partial charge in [-0.3, -0.25) is 15.0 Å². The molecule has 1 aliphatic carbocycles. The Balaban J connectivity index is 1.06. The van der Waals surface area contributed by atoms with Gasteiger partial charge in [-0.15, -0.1) is 0 Å². The van der Waals surface area contributed by atoms with E-state index in [1.54, 1.807) is 0 Å². The average Bonchev–Trinajstić information content (AvgIpc) is 3.32. The van der Waals surface area contributed by atoms with Crippen LogP contribution in [0.4, 0.5) is 0 Å². The summed E-state index contributed by atoms with van der Waals surface area (Å²) in [4.78, 5) is 12.1. The largest absolute Gasteiger partial charge is 0.378 e. The Hall–Kier alpha value is -3.87. The highest BCUT2D eigenvalue weighted by molar-refractivity contribution is 5.93. The van der Waals surface area contributed by atoms with Gasteiger partial charge in [-0.1, -0.05) is 48.5 Å². The maximum atomic E-state index is 5.74. The number of morpholine rings is 1. The van der Waals surface area contributed by atoms with Crippen molar-refractivity contribution in [3.05, 3.63) is 89.7 Å². The van der Waals surface area contributed by atoms with E-state index in [0.29, 0.717) is 18.1 Å². The van der Waals surface area contributed by atoms with E-state index in [0.717, 1.165) is 65.2 Å². The third-order valence-electron chi connectivity index (χ3n) is 9.33. The smallest absolute Gasteiger partial charge is 0.181 e. The Bertz CT molecular complexity index is 1690. The number of nitrogens with zero attached hydrogens (tertiary/aromatic N) is 4. The minimum absolute atomic E-state index is 0.651. The highest BCUT2D eigenvalue weighted by atomic mass is 16.5. The van der Waals surface area contributed by atoms with Crippen LogP contribution < -0.4 is 0 Å². The molecule has 2 fully saturated rings. The third-order valence-corrected chi connectivity index (χ3v) is 9.33. The Labute approximate surface area is 234 Å². The molecule has 6 heteroatoms. The van der Waals surface area contributed by atoms with Crippen LogP contribution in [0.15, 0.2) is 73.1 Å². The summed E-state index contributed by atoms with van der Waals surface area (Å²) in [6.45, 7) is 3.94. The second kappa shape index (κ2) is 9.65. The SMILES string of the molecule is Cc1cccnc1-c1ccc(-c2[nH]nc3ncc(-c4ccc5c(c4)CC[C@@H](N4C6COCC4C6)CC5)cc23)cc1. The first-order valence-corrected chi connectivity index (χ1v) is 14.6. The van der Waals surface area contributed by atoms with Crippen LogP contribution in [0, 0.1) is 6.92 Å². The van der Waals surface area contributed by atoms with Crippen molar-refractivity contribution in [3.8, 4) is 33.6 Å². The van der Waals surface area contributed by atoms with Crippen LogP contribution in [-0.4, -0.2) is 56.4 Å². The number of hydrogen-bond acceptors (Lipinski definition) is 5. The van der Waals surface area contributed by atoms with Gasteiger partial charge < -0.3 is 4.74 Å². The van der Waals surface area contributed by atoms with Crippen LogP contribution >= 0.6 is 0 Å². The molecule has 8 rings (SSSR count). The molecule has 2 bridgehead atoms. The van der Waals surface area contributed by atoms with Crippen LogP contribution in [0.3, 0.4) is 0 Å². The monoisotopic (exact) mass is 527 g/mol. The van der Waals surface area contributed by atoms with E-state index in [1.807, 2.05) is 18.5 Å². The van der Waals surface area contributed by atoms with Gasteiger partial charge in [0.1, 0.15) is 0 Å². The van der Waals surface area contributed by atoms with Crippen molar-refractivity contribution in [2.24, 2.45) is 0 Å². The number of aromatic nitrogens is 4. The number of ether oxygens (including phenoxy) is 1. The number of hydrogen-bond donors (Lipinski definition) is 1. The number of aryl methyl sites for hydroxylation is 3. The van der Waals surface area contributed by atoms with E-state index in [-0.39, 0.29) is 0 Å². The second-order valence-corrected chi connectivity index (χ2v) is 11.7. The zero-order chi connectivity index (χ0) is 26.6. The van der Waals surface area contributed by atoms with Crippen LogP contribution in [0.5, 0.6) is 0 Å². The summed E-state index contributed by atoms with van der Waals surface area (Å²) in [5.74, 6) is 0. The number of fused-ring (bicyclic) bond motifs is 4. The van der Waals surface area contributed by atoms with E-state index in [2.05, 4.69) is 81.6 Å². The summed E-state index contributed by atoms with van der Waals surface area (Å²) in [5, 5.41) is 8.79. The van der Waals surface area contributed by atoms with Gasteiger partial charge in [0.2, 0.25) is 0 Å². The topological polar surface area (TPSA) is 66.9 Å². The molecule has 5 aromatic rings.